The van der Waals surface area contributed by atoms with Gasteiger partial charge in [-0.05, 0) is 59.7 Å². The van der Waals surface area contributed by atoms with E-state index in [1.165, 1.54) is 41.5 Å². The van der Waals surface area contributed by atoms with Crippen LogP contribution in [0.5, 0.6) is 0 Å². The molecule has 0 saturated heterocycles. The summed E-state index contributed by atoms with van der Waals surface area (Å²) in [5, 5.41) is 4.18. The summed E-state index contributed by atoms with van der Waals surface area (Å²) in [5.74, 6) is 0.800. The number of hydrogen-bond acceptors (Lipinski definition) is 1. The van der Waals surface area contributed by atoms with Gasteiger partial charge in [0.2, 0.25) is 0 Å². The van der Waals surface area contributed by atoms with Crippen molar-refractivity contribution in [2.75, 3.05) is 6.54 Å². The Kier molecular flexibility index (Phi) is 4.62. The first-order valence-electron chi connectivity index (χ1n) is 7.87. The SMILES string of the molecule is CCNCc1cc(-c2ccc(C3CCC3)cc2)ccc1Cl. The van der Waals surface area contributed by atoms with Crippen molar-refractivity contribution in [3.63, 3.8) is 0 Å². The van der Waals surface area contributed by atoms with Crippen LogP contribution in [0, 0.1) is 0 Å². The number of rotatable bonds is 5. The number of hydrogen-bond donors (Lipinski definition) is 1. The molecule has 2 aromatic carbocycles. The predicted molar refractivity (Wildman–Crippen MR) is 90.9 cm³/mol. The van der Waals surface area contributed by atoms with Crippen LogP contribution in [0.4, 0.5) is 0 Å². The van der Waals surface area contributed by atoms with Crippen LogP contribution in [0.15, 0.2) is 42.5 Å². The third-order valence-corrected chi connectivity index (χ3v) is 4.80. The Hall–Kier alpha value is -1.31. The van der Waals surface area contributed by atoms with Gasteiger partial charge < -0.3 is 5.32 Å². The van der Waals surface area contributed by atoms with Crippen molar-refractivity contribution in [1.29, 1.82) is 0 Å². The van der Waals surface area contributed by atoms with E-state index in [0.29, 0.717) is 0 Å². The van der Waals surface area contributed by atoms with Crippen molar-refractivity contribution in [2.24, 2.45) is 0 Å². The zero-order chi connectivity index (χ0) is 14.7. The van der Waals surface area contributed by atoms with Crippen molar-refractivity contribution in [1.82, 2.24) is 5.32 Å². The van der Waals surface area contributed by atoms with E-state index in [2.05, 4.69) is 48.6 Å². The quantitative estimate of drug-likeness (QED) is 0.781. The number of nitrogens with one attached hydrogen (secondary N) is 1. The van der Waals surface area contributed by atoms with E-state index in [-0.39, 0.29) is 0 Å². The van der Waals surface area contributed by atoms with Crippen LogP contribution in [-0.4, -0.2) is 6.54 Å². The second-order valence-corrected chi connectivity index (χ2v) is 6.24. The van der Waals surface area contributed by atoms with E-state index < -0.39 is 0 Å². The van der Waals surface area contributed by atoms with Crippen LogP contribution in [0.1, 0.15) is 43.2 Å². The van der Waals surface area contributed by atoms with Crippen molar-refractivity contribution >= 4 is 11.6 Å². The Morgan fingerprint density at radius 1 is 1.05 bits per heavy atom. The minimum Gasteiger partial charge on any atom is -0.313 e. The van der Waals surface area contributed by atoms with Gasteiger partial charge in [-0.1, -0.05) is 55.3 Å². The highest BCUT2D eigenvalue weighted by Gasteiger charge is 2.19. The van der Waals surface area contributed by atoms with E-state index in [0.717, 1.165) is 24.0 Å². The van der Waals surface area contributed by atoms with Gasteiger partial charge in [-0.3, -0.25) is 0 Å². The molecule has 0 aliphatic heterocycles. The molecule has 0 heterocycles. The summed E-state index contributed by atoms with van der Waals surface area (Å²) in [6.07, 6.45) is 4.09. The average Bonchev–Trinajstić information content (AvgIpc) is 2.46. The van der Waals surface area contributed by atoms with Gasteiger partial charge in [-0.15, -0.1) is 0 Å². The molecule has 0 bridgehead atoms. The van der Waals surface area contributed by atoms with Crippen molar-refractivity contribution in [3.05, 3.63) is 58.6 Å². The molecule has 0 spiro atoms. The summed E-state index contributed by atoms with van der Waals surface area (Å²) in [5.41, 5.74) is 5.17. The van der Waals surface area contributed by atoms with Gasteiger partial charge in [0.05, 0.1) is 0 Å². The highest BCUT2D eigenvalue weighted by molar-refractivity contribution is 6.31. The summed E-state index contributed by atoms with van der Waals surface area (Å²) < 4.78 is 0. The first kappa shape index (κ1) is 14.6. The van der Waals surface area contributed by atoms with Gasteiger partial charge in [-0.25, -0.2) is 0 Å². The molecule has 1 N–H and O–H groups in total. The smallest absolute Gasteiger partial charge is 0.0451 e. The van der Waals surface area contributed by atoms with Crippen LogP contribution >= 0.6 is 11.6 Å². The number of benzene rings is 2. The fourth-order valence-electron chi connectivity index (χ4n) is 2.84. The van der Waals surface area contributed by atoms with Crippen molar-refractivity contribution < 1.29 is 0 Å². The third kappa shape index (κ3) is 3.30. The molecule has 0 aromatic heterocycles. The first-order chi connectivity index (χ1) is 10.3. The minimum atomic E-state index is 0.800. The molecule has 110 valence electrons. The molecule has 3 rings (SSSR count). The van der Waals surface area contributed by atoms with Gasteiger partial charge >= 0.3 is 0 Å². The van der Waals surface area contributed by atoms with E-state index in [9.17, 15) is 0 Å². The minimum absolute atomic E-state index is 0.800. The molecule has 0 atom stereocenters. The van der Waals surface area contributed by atoms with Crippen LogP contribution in [-0.2, 0) is 6.54 Å². The molecule has 0 amide bonds. The molecule has 1 saturated carbocycles. The molecular weight excluding hydrogens is 278 g/mol. The second kappa shape index (κ2) is 6.64. The molecule has 1 aliphatic rings. The largest absolute Gasteiger partial charge is 0.313 e. The second-order valence-electron chi connectivity index (χ2n) is 5.84. The molecule has 0 radical (unpaired) electrons. The summed E-state index contributed by atoms with van der Waals surface area (Å²) in [6.45, 7) is 3.89. The maximum absolute atomic E-state index is 6.27. The number of halogens is 1. The summed E-state index contributed by atoms with van der Waals surface area (Å²) in [4.78, 5) is 0. The Morgan fingerprint density at radius 3 is 2.38 bits per heavy atom. The molecule has 2 heteroatoms. The third-order valence-electron chi connectivity index (χ3n) is 4.43. The van der Waals surface area contributed by atoms with Gasteiger partial charge in [-0.2, -0.15) is 0 Å². The van der Waals surface area contributed by atoms with Gasteiger partial charge in [0.25, 0.3) is 0 Å². The van der Waals surface area contributed by atoms with E-state index in [1.807, 2.05) is 6.07 Å². The zero-order valence-electron chi connectivity index (χ0n) is 12.5. The van der Waals surface area contributed by atoms with E-state index in [4.69, 9.17) is 11.6 Å². The van der Waals surface area contributed by atoms with E-state index in [1.54, 1.807) is 0 Å². The topological polar surface area (TPSA) is 12.0 Å². The Labute approximate surface area is 132 Å². The Balaban J connectivity index is 1.82. The molecule has 0 unspecified atom stereocenters. The summed E-state index contributed by atoms with van der Waals surface area (Å²) in [6, 6.07) is 15.4. The highest BCUT2D eigenvalue weighted by Crippen LogP contribution is 2.37. The lowest BCUT2D eigenvalue weighted by Crippen LogP contribution is -2.12. The highest BCUT2D eigenvalue weighted by atomic mass is 35.5. The molecule has 2 aromatic rings. The Morgan fingerprint density at radius 2 is 1.76 bits per heavy atom. The van der Waals surface area contributed by atoms with E-state index >= 15 is 0 Å². The Bertz CT molecular complexity index is 599. The fourth-order valence-corrected chi connectivity index (χ4v) is 3.02. The van der Waals surface area contributed by atoms with Crippen LogP contribution < -0.4 is 5.32 Å². The molecule has 1 fully saturated rings. The first-order valence-corrected chi connectivity index (χ1v) is 8.25. The molecule has 1 aliphatic carbocycles. The van der Waals surface area contributed by atoms with Gasteiger partial charge in [0.15, 0.2) is 0 Å². The van der Waals surface area contributed by atoms with Crippen LogP contribution in [0.3, 0.4) is 0 Å². The maximum Gasteiger partial charge on any atom is 0.0451 e. The predicted octanol–water partition coefficient (Wildman–Crippen LogP) is 5.38. The van der Waals surface area contributed by atoms with Crippen molar-refractivity contribution in [3.8, 4) is 11.1 Å². The monoisotopic (exact) mass is 299 g/mol. The zero-order valence-corrected chi connectivity index (χ0v) is 13.3. The molecule has 1 nitrogen and oxygen atoms in total. The average molecular weight is 300 g/mol. The van der Waals surface area contributed by atoms with Crippen molar-refractivity contribution in [2.45, 2.75) is 38.6 Å². The lowest BCUT2D eigenvalue weighted by molar-refractivity contribution is 0.420. The lowest BCUT2D eigenvalue weighted by Gasteiger charge is -2.25. The maximum atomic E-state index is 6.27. The normalized spacial score (nSPS) is 15.0. The summed E-state index contributed by atoms with van der Waals surface area (Å²) >= 11 is 6.27. The molecule has 21 heavy (non-hydrogen) atoms. The van der Waals surface area contributed by atoms with Gasteiger partial charge in [0.1, 0.15) is 0 Å². The standard InChI is InChI=1S/C19H22ClN/c1-2-21-13-18-12-17(10-11-19(18)20)16-8-6-15(7-9-16)14-4-3-5-14/h6-12,14,21H,2-5,13H2,1H3. The van der Waals surface area contributed by atoms with Gasteiger partial charge in [0, 0.05) is 11.6 Å². The van der Waals surface area contributed by atoms with Crippen LogP contribution in [0.2, 0.25) is 5.02 Å². The van der Waals surface area contributed by atoms with Crippen LogP contribution in [0.25, 0.3) is 11.1 Å². The summed E-state index contributed by atoms with van der Waals surface area (Å²) in [7, 11) is 0. The lowest BCUT2D eigenvalue weighted by atomic mass is 9.80. The fraction of sp³-hybridized carbons (Fsp3) is 0.368. The molecular formula is C19H22ClN.